The summed E-state index contributed by atoms with van der Waals surface area (Å²) >= 11 is 6.12. The Morgan fingerprint density at radius 1 is 1.04 bits per heavy atom. The topological polar surface area (TPSA) is 65.1 Å². The van der Waals surface area contributed by atoms with Crippen molar-refractivity contribution in [1.82, 2.24) is 10.3 Å². The van der Waals surface area contributed by atoms with E-state index in [2.05, 4.69) is 10.3 Å². The maximum absolute atomic E-state index is 12.6. The lowest BCUT2D eigenvalue weighted by atomic mass is 9.98. The van der Waals surface area contributed by atoms with Crippen molar-refractivity contribution in [3.63, 3.8) is 0 Å². The standard InChI is InChI=1S/C23H21ClN2O2/c1-14(23(28)25-11-10-15-2-6-18(27)7-3-15)16-4-8-19-20-13-17(24)5-9-21(20)26-22(19)12-16/h2-9,12-14,26-27H,10-11H2,1H3,(H,25,28)/t14-/m1/s1. The van der Waals surface area contributed by atoms with Crippen LogP contribution in [0.2, 0.25) is 5.02 Å². The molecule has 1 heterocycles. The second-order valence-electron chi connectivity index (χ2n) is 7.05. The van der Waals surface area contributed by atoms with E-state index < -0.39 is 0 Å². The molecule has 1 aromatic heterocycles. The number of fused-ring (bicyclic) bond motifs is 3. The Morgan fingerprint density at radius 2 is 1.82 bits per heavy atom. The average molecular weight is 393 g/mol. The number of phenolic OH excluding ortho intramolecular Hbond substituents is 1. The lowest BCUT2D eigenvalue weighted by Crippen LogP contribution is -2.29. The summed E-state index contributed by atoms with van der Waals surface area (Å²) in [6.45, 7) is 2.47. The Bertz CT molecular complexity index is 1150. The van der Waals surface area contributed by atoms with Crippen LogP contribution in [0, 0.1) is 0 Å². The normalized spacial score (nSPS) is 12.4. The predicted molar refractivity (Wildman–Crippen MR) is 114 cm³/mol. The molecule has 0 saturated carbocycles. The van der Waals surface area contributed by atoms with Crippen LogP contribution in [-0.2, 0) is 11.2 Å². The van der Waals surface area contributed by atoms with Crippen molar-refractivity contribution in [3.05, 3.63) is 76.8 Å². The Kier molecular flexibility index (Phi) is 4.97. The van der Waals surface area contributed by atoms with Gasteiger partial charge in [0, 0.05) is 33.4 Å². The number of aromatic amines is 1. The number of carbonyl (C=O) groups excluding carboxylic acids is 1. The van der Waals surface area contributed by atoms with Crippen molar-refractivity contribution < 1.29 is 9.90 Å². The summed E-state index contributed by atoms with van der Waals surface area (Å²) in [5, 5.41) is 15.2. The first-order valence-electron chi connectivity index (χ1n) is 9.28. The monoisotopic (exact) mass is 392 g/mol. The number of halogens is 1. The van der Waals surface area contributed by atoms with Gasteiger partial charge in [0.2, 0.25) is 5.91 Å². The first kappa shape index (κ1) is 18.4. The van der Waals surface area contributed by atoms with Crippen molar-refractivity contribution in [1.29, 1.82) is 0 Å². The summed E-state index contributed by atoms with van der Waals surface area (Å²) in [5.74, 6) is -0.00690. The highest BCUT2D eigenvalue weighted by atomic mass is 35.5. The average Bonchev–Trinajstić information content (AvgIpc) is 3.05. The maximum atomic E-state index is 12.6. The van der Waals surface area contributed by atoms with Gasteiger partial charge in [0.1, 0.15) is 5.75 Å². The highest BCUT2D eigenvalue weighted by Crippen LogP contribution is 2.30. The molecule has 0 bridgehead atoms. The van der Waals surface area contributed by atoms with E-state index in [1.807, 2.05) is 55.5 Å². The van der Waals surface area contributed by atoms with Gasteiger partial charge < -0.3 is 15.4 Å². The van der Waals surface area contributed by atoms with E-state index in [4.69, 9.17) is 11.6 Å². The van der Waals surface area contributed by atoms with Gasteiger partial charge in [-0.25, -0.2) is 0 Å². The van der Waals surface area contributed by atoms with E-state index in [0.29, 0.717) is 11.6 Å². The van der Waals surface area contributed by atoms with Crippen LogP contribution in [0.5, 0.6) is 5.75 Å². The highest BCUT2D eigenvalue weighted by molar-refractivity contribution is 6.31. The zero-order valence-corrected chi connectivity index (χ0v) is 16.3. The molecule has 0 radical (unpaired) electrons. The van der Waals surface area contributed by atoms with Crippen molar-refractivity contribution >= 4 is 39.3 Å². The van der Waals surface area contributed by atoms with Gasteiger partial charge in [-0.15, -0.1) is 0 Å². The van der Waals surface area contributed by atoms with Crippen molar-refractivity contribution in [2.75, 3.05) is 6.54 Å². The van der Waals surface area contributed by atoms with Crippen LogP contribution in [0.4, 0.5) is 0 Å². The Balaban J connectivity index is 1.46. The van der Waals surface area contributed by atoms with Gasteiger partial charge in [-0.3, -0.25) is 4.79 Å². The Morgan fingerprint density at radius 3 is 2.61 bits per heavy atom. The van der Waals surface area contributed by atoms with Gasteiger partial charge in [0.05, 0.1) is 5.92 Å². The lowest BCUT2D eigenvalue weighted by Gasteiger charge is -2.13. The fraction of sp³-hybridized carbons (Fsp3) is 0.174. The molecule has 5 heteroatoms. The molecular weight excluding hydrogens is 372 g/mol. The quantitative estimate of drug-likeness (QED) is 0.440. The van der Waals surface area contributed by atoms with Gasteiger partial charge >= 0.3 is 0 Å². The molecule has 4 nitrogen and oxygen atoms in total. The number of carbonyl (C=O) groups is 1. The van der Waals surface area contributed by atoms with E-state index in [9.17, 15) is 9.90 Å². The summed E-state index contributed by atoms with van der Waals surface area (Å²) in [6.07, 6.45) is 0.723. The molecule has 1 atom stereocenters. The van der Waals surface area contributed by atoms with Gasteiger partial charge in [-0.2, -0.15) is 0 Å². The molecule has 0 saturated heterocycles. The molecule has 3 aromatic carbocycles. The third kappa shape index (κ3) is 3.69. The predicted octanol–water partition coefficient (Wildman–Crippen LogP) is 5.14. The van der Waals surface area contributed by atoms with Crippen LogP contribution >= 0.6 is 11.6 Å². The molecule has 142 valence electrons. The molecule has 3 N–H and O–H groups in total. The second kappa shape index (κ2) is 7.56. The SMILES string of the molecule is C[C@@H](C(=O)NCCc1ccc(O)cc1)c1ccc2c(c1)[nH]c1ccc(Cl)cc12. The smallest absolute Gasteiger partial charge is 0.227 e. The fourth-order valence-electron chi connectivity index (χ4n) is 3.46. The van der Waals surface area contributed by atoms with Crippen LogP contribution in [0.3, 0.4) is 0 Å². The minimum atomic E-state index is -0.251. The first-order chi connectivity index (χ1) is 13.5. The second-order valence-corrected chi connectivity index (χ2v) is 7.49. The molecule has 28 heavy (non-hydrogen) atoms. The third-order valence-electron chi connectivity index (χ3n) is 5.13. The van der Waals surface area contributed by atoms with E-state index in [1.54, 1.807) is 12.1 Å². The number of aromatic hydroxyl groups is 1. The minimum absolute atomic E-state index is 0.00251. The summed E-state index contributed by atoms with van der Waals surface area (Å²) in [5.41, 5.74) is 4.07. The molecule has 0 aliphatic heterocycles. The summed E-state index contributed by atoms with van der Waals surface area (Å²) in [7, 11) is 0. The van der Waals surface area contributed by atoms with Crippen LogP contribution in [0.1, 0.15) is 24.0 Å². The van der Waals surface area contributed by atoms with Crippen molar-refractivity contribution in [2.24, 2.45) is 0 Å². The number of H-pyrrole nitrogens is 1. The molecule has 0 unspecified atom stereocenters. The number of hydrogen-bond acceptors (Lipinski definition) is 2. The largest absolute Gasteiger partial charge is 0.508 e. The molecule has 4 rings (SSSR count). The first-order valence-corrected chi connectivity index (χ1v) is 9.65. The molecule has 0 aliphatic carbocycles. The van der Waals surface area contributed by atoms with E-state index in [1.165, 1.54) is 0 Å². The van der Waals surface area contributed by atoms with Gasteiger partial charge in [0.25, 0.3) is 0 Å². The molecular formula is C23H21ClN2O2. The number of rotatable bonds is 5. The molecule has 0 spiro atoms. The number of amides is 1. The number of nitrogens with one attached hydrogen (secondary N) is 2. The van der Waals surface area contributed by atoms with Crippen molar-refractivity contribution in [3.8, 4) is 5.75 Å². The van der Waals surface area contributed by atoms with Gasteiger partial charge in [0.15, 0.2) is 0 Å². The van der Waals surface area contributed by atoms with Gasteiger partial charge in [-0.05, 0) is 60.9 Å². The molecule has 0 fully saturated rings. The molecule has 0 aliphatic rings. The van der Waals surface area contributed by atoms with Gasteiger partial charge in [-0.1, -0.05) is 35.9 Å². The zero-order chi connectivity index (χ0) is 19.7. The van der Waals surface area contributed by atoms with Crippen LogP contribution in [-0.4, -0.2) is 22.5 Å². The number of aromatic nitrogens is 1. The maximum Gasteiger partial charge on any atom is 0.227 e. The van der Waals surface area contributed by atoms with Crippen molar-refractivity contribution in [2.45, 2.75) is 19.3 Å². The minimum Gasteiger partial charge on any atom is -0.508 e. The van der Waals surface area contributed by atoms with E-state index >= 15 is 0 Å². The fourth-order valence-corrected chi connectivity index (χ4v) is 3.63. The zero-order valence-electron chi connectivity index (χ0n) is 15.5. The number of benzene rings is 3. The molecule has 1 amide bonds. The van der Waals surface area contributed by atoms with E-state index in [0.717, 1.165) is 39.4 Å². The summed E-state index contributed by atoms with van der Waals surface area (Å²) < 4.78 is 0. The number of phenols is 1. The molecule has 4 aromatic rings. The number of hydrogen-bond donors (Lipinski definition) is 3. The lowest BCUT2D eigenvalue weighted by molar-refractivity contribution is -0.122. The summed E-state index contributed by atoms with van der Waals surface area (Å²) in [4.78, 5) is 16.0. The summed E-state index contributed by atoms with van der Waals surface area (Å²) in [6, 6.07) is 18.9. The highest BCUT2D eigenvalue weighted by Gasteiger charge is 2.16. The Labute approximate surface area is 168 Å². The van der Waals surface area contributed by atoms with Crippen LogP contribution in [0.25, 0.3) is 21.8 Å². The van der Waals surface area contributed by atoms with Crippen LogP contribution < -0.4 is 5.32 Å². The van der Waals surface area contributed by atoms with E-state index in [-0.39, 0.29) is 17.6 Å². The Hall–Kier alpha value is -2.98. The third-order valence-corrected chi connectivity index (χ3v) is 5.36. The van der Waals surface area contributed by atoms with Crippen LogP contribution in [0.15, 0.2) is 60.7 Å².